The molecule has 0 saturated carbocycles. The van der Waals surface area contributed by atoms with Gasteiger partial charge in [0.2, 0.25) is 0 Å². The van der Waals surface area contributed by atoms with Gasteiger partial charge in [0.1, 0.15) is 12.4 Å². The van der Waals surface area contributed by atoms with Gasteiger partial charge in [-0.15, -0.1) is 0 Å². The van der Waals surface area contributed by atoms with Crippen molar-refractivity contribution < 1.29 is 14.4 Å². The zero-order valence-corrected chi connectivity index (χ0v) is 13.4. The molecule has 1 aromatic heterocycles. The van der Waals surface area contributed by atoms with Gasteiger partial charge >= 0.3 is 5.63 Å². The van der Waals surface area contributed by atoms with E-state index in [0.29, 0.717) is 29.2 Å². The SMILES string of the molecule is C/C(=N/O)c1c(OCc2ccccc2)ccc2c(C)cc(=O)oc12. The molecule has 1 N–H and O–H groups in total. The van der Waals surface area contributed by atoms with Crippen LogP contribution in [0.4, 0.5) is 0 Å². The molecule has 24 heavy (non-hydrogen) atoms. The summed E-state index contributed by atoms with van der Waals surface area (Å²) in [5, 5.41) is 13.2. The molecule has 0 aliphatic heterocycles. The van der Waals surface area contributed by atoms with Gasteiger partial charge in [0.05, 0.1) is 11.3 Å². The quantitative estimate of drug-likeness (QED) is 0.342. The first-order valence-corrected chi connectivity index (χ1v) is 7.53. The molecular weight excluding hydrogens is 306 g/mol. The predicted molar refractivity (Wildman–Crippen MR) is 92.0 cm³/mol. The molecule has 0 saturated heterocycles. The molecule has 0 spiro atoms. The fourth-order valence-corrected chi connectivity index (χ4v) is 2.61. The monoisotopic (exact) mass is 323 g/mol. The predicted octanol–water partition coefficient (Wildman–Crippen LogP) is 3.88. The lowest BCUT2D eigenvalue weighted by Gasteiger charge is -2.13. The van der Waals surface area contributed by atoms with Crippen LogP contribution < -0.4 is 10.4 Å². The first kappa shape index (κ1) is 15.8. The number of hydrogen-bond acceptors (Lipinski definition) is 5. The lowest BCUT2D eigenvalue weighted by atomic mass is 10.0. The maximum atomic E-state index is 11.7. The van der Waals surface area contributed by atoms with Gasteiger partial charge in [-0.1, -0.05) is 35.5 Å². The third-order valence-electron chi connectivity index (χ3n) is 3.83. The summed E-state index contributed by atoms with van der Waals surface area (Å²) >= 11 is 0. The van der Waals surface area contributed by atoms with E-state index in [2.05, 4.69) is 5.16 Å². The van der Waals surface area contributed by atoms with E-state index in [0.717, 1.165) is 16.5 Å². The van der Waals surface area contributed by atoms with Crippen molar-refractivity contribution in [3.63, 3.8) is 0 Å². The Kier molecular flexibility index (Phi) is 4.33. The lowest BCUT2D eigenvalue weighted by molar-refractivity contribution is 0.303. The van der Waals surface area contributed by atoms with E-state index >= 15 is 0 Å². The van der Waals surface area contributed by atoms with Crippen LogP contribution in [0, 0.1) is 6.92 Å². The number of hydrogen-bond donors (Lipinski definition) is 1. The Labute approximate surface area is 138 Å². The van der Waals surface area contributed by atoms with Crippen LogP contribution in [0.1, 0.15) is 23.6 Å². The Morgan fingerprint density at radius 3 is 2.67 bits per heavy atom. The van der Waals surface area contributed by atoms with Crippen LogP contribution in [0.15, 0.2) is 62.9 Å². The van der Waals surface area contributed by atoms with Gasteiger partial charge < -0.3 is 14.4 Å². The van der Waals surface area contributed by atoms with Crippen molar-refractivity contribution in [3.8, 4) is 5.75 Å². The number of nitrogens with zero attached hydrogens (tertiary/aromatic N) is 1. The Balaban J connectivity index is 2.12. The van der Waals surface area contributed by atoms with Crippen LogP contribution in [0.3, 0.4) is 0 Å². The van der Waals surface area contributed by atoms with Crippen LogP contribution in [0.2, 0.25) is 0 Å². The van der Waals surface area contributed by atoms with Crippen molar-refractivity contribution in [1.29, 1.82) is 0 Å². The van der Waals surface area contributed by atoms with E-state index < -0.39 is 5.63 Å². The summed E-state index contributed by atoms with van der Waals surface area (Å²) in [6.45, 7) is 3.82. The molecule has 1 heterocycles. The van der Waals surface area contributed by atoms with Crippen molar-refractivity contribution >= 4 is 16.7 Å². The summed E-state index contributed by atoms with van der Waals surface area (Å²) in [6, 6.07) is 14.8. The van der Waals surface area contributed by atoms with Crippen LogP contribution in [0.25, 0.3) is 11.0 Å². The molecule has 0 aliphatic rings. The van der Waals surface area contributed by atoms with Gasteiger partial charge in [-0.2, -0.15) is 0 Å². The fourth-order valence-electron chi connectivity index (χ4n) is 2.61. The number of oxime groups is 1. The number of rotatable bonds is 4. The van der Waals surface area contributed by atoms with Gasteiger partial charge in [-0.3, -0.25) is 0 Å². The van der Waals surface area contributed by atoms with Crippen molar-refractivity contribution in [2.24, 2.45) is 5.16 Å². The zero-order valence-electron chi connectivity index (χ0n) is 13.4. The highest BCUT2D eigenvalue weighted by molar-refractivity contribution is 6.10. The molecule has 0 amide bonds. The van der Waals surface area contributed by atoms with Gasteiger partial charge in [-0.25, -0.2) is 4.79 Å². The minimum atomic E-state index is -0.452. The van der Waals surface area contributed by atoms with Gasteiger partial charge in [0.25, 0.3) is 0 Å². The topological polar surface area (TPSA) is 72.0 Å². The van der Waals surface area contributed by atoms with E-state index in [9.17, 15) is 10.0 Å². The summed E-state index contributed by atoms with van der Waals surface area (Å²) in [7, 11) is 0. The van der Waals surface area contributed by atoms with E-state index in [1.165, 1.54) is 6.07 Å². The minimum Gasteiger partial charge on any atom is -0.488 e. The maximum absolute atomic E-state index is 11.7. The molecule has 5 heteroatoms. The molecule has 2 aromatic carbocycles. The van der Waals surface area contributed by atoms with Crippen molar-refractivity contribution in [2.45, 2.75) is 20.5 Å². The highest BCUT2D eigenvalue weighted by Gasteiger charge is 2.16. The van der Waals surface area contributed by atoms with Crippen LogP contribution in [-0.4, -0.2) is 10.9 Å². The number of aryl methyl sites for hydroxylation is 1. The smallest absolute Gasteiger partial charge is 0.336 e. The molecule has 122 valence electrons. The molecule has 0 atom stereocenters. The molecule has 0 fully saturated rings. The number of benzene rings is 2. The van der Waals surface area contributed by atoms with Crippen molar-refractivity contribution in [1.82, 2.24) is 0 Å². The van der Waals surface area contributed by atoms with E-state index in [1.807, 2.05) is 43.3 Å². The molecule has 0 bridgehead atoms. The van der Waals surface area contributed by atoms with Gasteiger partial charge in [-0.05, 0) is 37.1 Å². The second-order valence-corrected chi connectivity index (χ2v) is 5.52. The molecule has 0 radical (unpaired) electrons. The Bertz CT molecular complexity index is 958. The molecule has 3 rings (SSSR count). The Hall–Kier alpha value is -3.08. The minimum absolute atomic E-state index is 0.317. The first-order chi connectivity index (χ1) is 11.6. The molecule has 0 unspecified atom stereocenters. The fraction of sp³-hybridized carbons (Fsp3) is 0.158. The second-order valence-electron chi connectivity index (χ2n) is 5.52. The zero-order chi connectivity index (χ0) is 17.1. The third kappa shape index (κ3) is 3.01. The van der Waals surface area contributed by atoms with E-state index in [-0.39, 0.29) is 0 Å². The van der Waals surface area contributed by atoms with Gasteiger partial charge in [0.15, 0.2) is 5.58 Å². The summed E-state index contributed by atoms with van der Waals surface area (Å²) in [5.74, 6) is 0.496. The molecular formula is C19H17NO4. The maximum Gasteiger partial charge on any atom is 0.336 e. The molecule has 5 nitrogen and oxygen atoms in total. The van der Waals surface area contributed by atoms with Crippen LogP contribution >= 0.6 is 0 Å². The first-order valence-electron chi connectivity index (χ1n) is 7.53. The van der Waals surface area contributed by atoms with Gasteiger partial charge in [0, 0.05) is 11.5 Å². The van der Waals surface area contributed by atoms with Crippen LogP contribution in [-0.2, 0) is 6.61 Å². The van der Waals surface area contributed by atoms with Crippen LogP contribution in [0.5, 0.6) is 5.75 Å². The largest absolute Gasteiger partial charge is 0.488 e. The Morgan fingerprint density at radius 1 is 1.21 bits per heavy atom. The highest BCUT2D eigenvalue weighted by Crippen LogP contribution is 2.30. The normalized spacial score (nSPS) is 11.7. The summed E-state index contributed by atoms with van der Waals surface area (Å²) < 4.78 is 11.2. The summed E-state index contributed by atoms with van der Waals surface area (Å²) in [4.78, 5) is 11.7. The second kappa shape index (κ2) is 6.58. The van der Waals surface area contributed by atoms with E-state index in [4.69, 9.17) is 9.15 Å². The van der Waals surface area contributed by atoms with Crippen molar-refractivity contribution in [2.75, 3.05) is 0 Å². The highest BCUT2D eigenvalue weighted by atomic mass is 16.5. The number of fused-ring (bicyclic) bond motifs is 1. The molecule has 0 aliphatic carbocycles. The average Bonchev–Trinajstić information content (AvgIpc) is 2.59. The average molecular weight is 323 g/mol. The standard InChI is InChI=1S/C19H17NO4/c1-12-10-17(21)24-19-15(12)8-9-16(18(19)13(2)20-22)23-11-14-6-4-3-5-7-14/h3-10,22H,11H2,1-2H3/b20-13-. The number of ether oxygens (including phenoxy) is 1. The summed E-state index contributed by atoms with van der Waals surface area (Å²) in [6.07, 6.45) is 0. The lowest BCUT2D eigenvalue weighted by Crippen LogP contribution is -2.06. The Morgan fingerprint density at radius 2 is 1.96 bits per heavy atom. The summed E-state index contributed by atoms with van der Waals surface area (Å²) in [5.41, 5.74) is 2.51. The van der Waals surface area contributed by atoms with E-state index in [1.54, 1.807) is 13.0 Å². The third-order valence-corrected chi connectivity index (χ3v) is 3.83. The van der Waals surface area contributed by atoms with Crippen molar-refractivity contribution in [3.05, 3.63) is 75.6 Å². The molecule has 3 aromatic rings.